The van der Waals surface area contributed by atoms with Crippen molar-refractivity contribution in [2.24, 2.45) is 4.99 Å². The maximum atomic E-state index is 5.22. The normalized spacial score (nSPS) is 11.4. The van der Waals surface area contributed by atoms with Crippen LogP contribution in [-0.4, -0.2) is 29.4 Å². The number of nitrogens with zero attached hydrogens (tertiary/aromatic N) is 3. The van der Waals surface area contributed by atoms with Gasteiger partial charge in [0.1, 0.15) is 0 Å². The number of benzene rings is 2. The average molecular weight is 392 g/mol. The van der Waals surface area contributed by atoms with Crippen molar-refractivity contribution in [3.63, 3.8) is 0 Å². The summed E-state index contributed by atoms with van der Waals surface area (Å²) in [4.78, 5) is 4.74. The summed E-state index contributed by atoms with van der Waals surface area (Å²) in [6.45, 7) is 5.56. The van der Waals surface area contributed by atoms with Crippen LogP contribution in [0.25, 0.3) is 0 Å². The number of hydrogen-bond donors (Lipinski definition) is 2. The van der Waals surface area contributed by atoms with Crippen LogP contribution in [0, 0.1) is 0 Å². The quantitative estimate of drug-likeness (QED) is 0.434. The molecule has 2 aromatic carbocycles. The zero-order valence-corrected chi connectivity index (χ0v) is 17.1. The Morgan fingerprint density at radius 1 is 1.03 bits per heavy atom. The van der Waals surface area contributed by atoms with Gasteiger partial charge < -0.3 is 15.4 Å². The Labute approximate surface area is 172 Å². The predicted molar refractivity (Wildman–Crippen MR) is 117 cm³/mol. The smallest absolute Gasteiger partial charge is 0.191 e. The van der Waals surface area contributed by atoms with Crippen molar-refractivity contribution in [1.29, 1.82) is 0 Å². The van der Waals surface area contributed by atoms with Gasteiger partial charge in [0.2, 0.25) is 0 Å². The van der Waals surface area contributed by atoms with Crippen molar-refractivity contribution in [3.05, 3.63) is 89.2 Å². The average Bonchev–Trinajstić information content (AvgIpc) is 3.25. The number of aliphatic imine (C=N–C) groups is 1. The van der Waals surface area contributed by atoms with Crippen LogP contribution in [0.3, 0.4) is 0 Å². The first kappa shape index (κ1) is 20.6. The van der Waals surface area contributed by atoms with E-state index >= 15 is 0 Å². The van der Waals surface area contributed by atoms with Gasteiger partial charge in [-0.15, -0.1) is 0 Å². The number of methoxy groups -OCH3 is 1. The fourth-order valence-electron chi connectivity index (χ4n) is 3.13. The highest BCUT2D eigenvalue weighted by Crippen LogP contribution is 2.11. The van der Waals surface area contributed by atoms with E-state index < -0.39 is 0 Å². The number of hydrogen-bond acceptors (Lipinski definition) is 3. The van der Waals surface area contributed by atoms with Crippen LogP contribution in [0.15, 0.2) is 72.0 Å². The molecule has 1 heterocycles. The fraction of sp³-hybridized carbons (Fsp3) is 0.304. The molecule has 6 nitrogen and oxygen atoms in total. The third kappa shape index (κ3) is 6.47. The predicted octanol–water partition coefficient (Wildman–Crippen LogP) is 3.33. The minimum atomic E-state index is 0.613. The zero-order chi connectivity index (χ0) is 20.3. The molecule has 0 spiro atoms. The summed E-state index contributed by atoms with van der Waals surface area (Å²) in [5, 5.41) is 11.1. The second-order valence-electron chi connectivity index (χ2n) is 6.77. The van der Waals surface area contributed by atoms with E-state index in [1.165, 1.54) is 11.1 Å². The SMILES string of the molecule is CCNC(=NCc1cccc(COC)c1)NCc1ccccc1Cn1cccn1. The number of ether oxygens (including phenoxy) is 1. The molecule has 29 heavy (non-hydrogen) atoms. The summed E-state index contributed by atoms with van der Waals surface area (Å²) in [5.74, 6) is 0.804. The molecule has 0 saturated heterocycles. The van der Waals surface area contributed by atoms with Crippen LogP contribution in [0.1, 0.15) is 29.2 Å². The van der Waals surface area contributed by atoms with Crippen molar-refractivity contribution in [1.82, 2.24) is 20.4 Å². The van der Waals surface area contributed by atoms with Crippen LogP contribution in [0.4, 0.5) is 0 Å². The van der Waals surface area contributed by atoms with E-state index in [2.05, 4.69) is 65.1 Å². The molecule has 0 saturated carbocycles. The van der Waals surface area contributed by atoms with E-state index in [-0.39, 0.29) is 0 Å². The van der Waals surface area contributed by atoms with Gasteiger partial charge in [0, 0.05) is 32.6 Å². The second kappa shape index (κ2) is 11.0. The molecule has 0 aliphatic heterocycles. The van der Waals surface area contributed by atoms with E-state index in [0.717, 1.165) is 30.2 Å². The molecule has 0 amide bonds. The highest BCUT2D eigenvalue weighted by Gasteiger charge is 2.05. The summed E-state index contributed by atoms with van der Waals surface area (Å²) in [7, 11) is 1.71. The standard InChI is InChI=1S/C23H29N5O/c1-3-24-23(25-15-19-8-6-9-20(14-19)18-29-2)26-16-21-10-4-5-11-22(21)17-28-13-7-12-27-28/h4-14H,3,15-18H2,1-2H3,(H2,24,25,26). The molecule has 2 N–H and O–H groups in total. The van der Waals surface area contributed by atoms with Crippen molar-refractivity contribution >= 4 is 5.96 Å². The molecule has 152 valence electrons. The number of nitrogens with one attached hydrogen (secondary N) is 2. The number of aromatic nitrogens is 2. The lowest BCUT2D eigenvalue weighted by atomic mass is 10.1. The van der Waals surface area contributed by atoms with E-state index in [9.17, 15) is 0 Å². The highest BCUT2D eigenvalue weighted by molar-refractivity contribution is 5.79. The van der Waals surface area contributed by atoms with Gasteiger partial charge in [0.25, 0.3) is 0 Å². The molecule has 0 aliphatic rings. The van der Waals surface area contributed by atoms with Crippen molar-refractivity contribution in [2.45, 2.75) is 33.2 Å². The zero-order valence-electron chi connectivity index (χ0n) is 17.1. The van der Waals surface area contributed by atoms with E-state index in [4.69, 9.17) is 9.73 Å². The third-order valence-corrected chi connectivity index (χ3v) is 4.52. The largest absolute Gasteiger partial charge is 0.380 e. The van der Waals surface area contributed by atoms with E-state index in [0.29, 0.717) is 19.7 Å². The molecule has 0 radical (unpaired) electrons. The van der Waals surface area contributed by atoms with Gasteiger partial charge in [-0.2, -0.15) is 5.10 Å². The van der Waals surface area contributed by atoms with Crippen molar-refractivity contribution in [3.8, 4) is 0 Å². The van der Waals surface area contributed by atoms with Gasteiger partial charge in [-0.3, -0.25) is 4.68 Å². The lowest BCUT2D eigenvalue weighted by molar-refractivity contribution is 0.185. The Morgan fingerprint density at radius 2 is 1.86 bits per heavy atom. The van der Waals surface area contributed by atoms with Crippen molar-refractivity contribution in [2.75, 3.05) is 13.7 Å². The molecule has 3 rings (SSSR count). The molecular weight excluding hydrogens is 362 g/mol. The third-order valence-electron chi connectivity index (χ3n) is 4.52. The Morgan fingerprint density at radius 3 is 2.62 bits per heavy atom. The van der Waals surface area contributed by atoms with Gasteiger partial charge in [-0.1, -0.05) is 48.5 Å². The molecule has 3 aromatic rings. The van der Waals surface area contributed by atoms with Crippen LogP contribution >= 0.6 is 0 Å². The van der Waals surface area contributed by atoms with Crippen molar-refractivity contribution < 1.29 is 4.74 Å². The maximum Gasteiger partial charge on any atom is 0.191 e. The summed E-state index contributed by atoms with van der Waals surface area (Å²) in [5.41, 5.74) is 4.80. The minimum absolute atomic E-state index is 0.613. The van der Waals surface area contributed by atoms with Crippen LogP contribution in [0.2, 0.25) is 0 Å². The summed E-state index contributed by atoms with van der Waals surface area (Å²) >= 11 is 0. The Kier molecular flexibility index (Phi) is 7.83. The van der Waals surface area contributed by atoms with Gasteiger partial charge in [0.05, 0.1) is 19.7 Å². The van der Waals surface area contributed by atoms with E-state index in [1.54, 1.807) is 13.3 Å². The fourth-order valence-corrected chi connectivity index (χ4v) is 3.13. The number of rotatable bonds is 9. The first-order valence-corrected chi connectivity index (χ1v) is 9.91. The first-order valence-electron chi connectivity index (χ1n) is 9.91. The Hall–Kier alpha value is -3.12. The summed E-state index contributed by atoms with van der Waals surface area (Å²) < 4.78 is 7.15. The van der Waals surface area contributed by atoms with Gasteiger partial charge in [-0.25, -0.2) is 4.99 Å². The van der Waals surface area contributed by atoms with Gasteiger partial charge in [-0.05, 0) is 35.2 Å². The topological polar surface area (TPSA) is 63.5 Å². The van der Waals surface area contributed by atoms with Crippen LogP contribution in [0.5, 0.6) is 0 Å². The Balaban J connectivity index is 1.65. The van der Waals surface area contributed by atoms with Gasteiger partial charge in [0.15, 0.2) is 5.96 Å². The molecule has 0 atom stereocenters. The molecule has 0 aliphatic carbocycles. The lowest BCUT2D eigenvalue weighted by Gasteiger charge is -2.14. The molecule has 0 fully saturated rings. The second-order valence-corrected chi connectivity index (χ2v) is 6.77. The van der Waals surface area contributed by atoms with Gasteiger partial charge >= 0.3 is 0 Å². The molecular formula is C23H29N5O. The summed E-state index contributed by atoms with van der Waals surface area (Å²) in [6.07, 6.45) is 3.78. The highest BCUT2D eigenvalue weighted by atomic mass is 16.5. The molecule has 0 bridgehead atoms. The maximum absolute atomic E-state index is 5.22. The van der Waals surface area contributed by atoms with Crippen LogP contribution in [-0.2, 0) is 31.0 Å². The Bertz CT molecular complexity index is 905. The minimum Gasteiger partial charge on any atom is -0.380 e. The lowest BCUT2D eigenvalue weighted by Crippen LogP contribution is -2.37. The monoisotopic (exact) mass is 391 g/mol. The first-order chi connectivity index (χ1) is 14.3. The number of guanidine groups is 1. The molecule has 1 aromatic heterocycles. The molecule has 0 unspecified atom stereocenters. The van der Waals surface area contributed by atoms with Crippen LogP contribution < -0.4 is 10.6 Å². The summed E-state index contributed by atoms with van der Waals surface area (Å²) in [6, 6.07) is 18.7. The molecule has 6 heteroatoms. The van der Waals surface area contributed by atoms with E-state index in [1.807, 2.05) is 23.0 Å².